The molecule has 0 N–H and O–H groups in total. The maximum Gasteiger partial charge on any atom is 0.124 e. The monoisotopic (exact) mass is 302 g/mol. The lowest BCUT2D eigenvalue weighted by molar-refractivity contribution is 0.620. The van der Waals surface area contributed by atoms with Crippen molar-refractivity contribution in [3.8, 4) is 11.1 Å². The number of hydrogen-bond acceptors (Lipinski definition) is 0. The zero-order chi connectivity index (χ0) is 16.6. The molecule has 22 heavy (non-hydrogen) atoms. The summed E-state index contributed by atoms with van der Waals surface area (Å²) in [6.07, 6.45) is 0. The molecule has 0 spiro atoms. The fourth-order valence-electron chi connectivity index (χ4n) is 3.16. The average molecular weight is 302 g/mol. The lowest BCUT2D eigenvalue weighted by Crippen LogP contribution is -2.01. The van der Waals surface area contributed by atoms with Crippen LogP contribution >= 0.6 is 0 Å². The minimum atomic E-state index is -0.265. The molecule has 0 radical (unpaired) electrons. The van der Waals surface area contributed by atoms with Crippen molar-refractivity contribution in [1.29, 1.82) is 0 Å². The van der Waals surface area contributed by atoms with Crippen molar-refractivity contribution in [3.05, 3.63) is 58.2 Å². The Hall–Kier alpha value is -1.70. The fourth-order valence-corrected chi connectivity index (χ4v) is 3.16. The van der Waals surface area contributed by atoms with Crippen molar-refractivity contribution >= 4 is 0 Å². The van der Waals surface area contributed by atoms with Gasteiger partial charge in [0.15, 0.2) is 0 Å². The van der Waals surface area contributed by atoms with E-state index in [1.165, 1.54) is 12.1 Å². The minimum Gasteiger partial charge on any atom is -0.207 e. The normalized spacial score (nSPS) is 11.5. The number of hydrogen-bond donors (Lipinski definition) is 0. The Bertz CT molecular complexity index is 636. The predicted octanol–water partition coefficient (Wildman–Crippen LogP) is 6.50. The van der Waals surface area contributed by atoms with Gasteiger partial charge >= 0.3 is 0 Å². The van der Waals surface area contributed by atoms with Crippen LogP contribution in [0.1, 0.15) is 61.8 Å². The van der Waals surface area contributed by atoms with Gasteiger partial charge in [-0.1, -0.05) is 27.7 Å². The van der Waals surface area contributed by atoms with Gasteiger partial charge in [-0.05, 0) is 83.3 Å². The molecule has 0 aliphatic heterocycles. The van der Waals surface area contributed by atoms with Gasteiger partial charge in [0.1, 0.15) is 11.6 Å². The van der Waals surface area contributed by atoms with Crippen LogP contribution in [0.25, 0.3) is 11.1 Å². The van der Waals surface area contributed by atoms with Gasteiger partial charge in [-0.3, -0.25) is 0 Å². The maximum absolute atomic E-state index is 14.1. The molecule has 0 atom stereocenters. The van der Waals surface area contributed by atoms with Gasteiger partial charge in [0, 0.05) is 0 Å². The van der Waals surface area contributed by atoms with Crippen molar-refractivity contribution < 1.29 is 8.78 Å². The van der Waals surface area contributed by atoms with Crippen molar-refractivity contribution in [3.63, 3.8) is 0 Å². The summed E-state index contributed by atoms with van der Waals surface area (Å²) in [6.45, 7) is 12.2. The topological polar surface area (TPSA) is 0 Å². The highest BCUT2D eigenvalue weighted by atomic mass is 19.1. The second-order valence-electron chi connectivity index (χ2n) is 6.64. The summed E-state index contributed by atoms with van der Waals surface area (Å²) in [5, 5.41) is 0. The van der Waals surface area contributed by atoms with Crippen LogP contribution in [0.3, 0.4) is 0 Å². The second kappa shape index (κ2) is 6.20. The third-order valence-electron chi connectivity index (χ3n) is 4.36. The highest BCUT2D eigenvalue weighted by Gasteiger charge is 2.17. The Morgan fingerprint density at radius 2 is 0.955 bits per heavy atom. The van der Waals surface area contributed by atoms with Gasteiger partial charge in [-0.15, -0.1) is 0 Å². The standard InChI is InChI=1S/C20H24F2/c1-11(2)17-7-15(21)9-19(13(17)5)20-10-16(22)8-18(12(3)4)14(20)6/h7-12H,1-6H3. The first-order valence-corrected chi connectivity index (χ1v) is 7.82. The summed E-state index contributed by atoms with van der Waals surface area (Å²) < 4.78 is 28.1. The molecule has 0 nitrogen and oxygen atoms in total. The lowest BCUT2D eigenvalue weighted by Gasteiger charge is -2.19. The molecule has 2 aromatic rings. The third-order valence-corrected chi connectivity index (χ3v) is 4.36. The quantitative estimate of drug-likeness (QED) is 0.607. The lowest BCUT2D eigenvalue weighted by atomic mass is 9.86. The summed E-state index contributed by atoms with van der Waals surface area (Å²) in [4.78, 5) is 0. The average Bonchev–Trinajstić information content (AvgIpc) is 2.42. The molecule has 0 fully saturated rings. The highest BCUT2D eigenvalue weighted by Crippen LogP contribution is 2.35. The van der Waals surface area contributed by atoms with E-state index in [0.717, 1.165) is 33.4 Å². The van der Waals surface area contributed by atoms with E-state index in [-0.39, 0.29) is 23.5 Å². The smallest absolute Gasteiger partial charge is 0.124 e. The molecule has 0 aromatic heterocycles. The van der Waals surface area contributed by atoms with Gasteiger partial charge in [-0.25, -0.2) is 8.78 Å². The molecule has 2 heteroatoms. The molecule has 2 aromatic carbocycles. The summed E-state index contributed by atoms with van der Waals surface area (Å²) in [5.74, 6) is -0.0705. The van der Waals surface area contributed by atoms with Crippen LogP contribution in [0.2, 0.25) is 0 Å². The van der Waals surface area contributed by atoms with E-state index in [1.54, 1.807) is 12.1 Å². The van der Waals surface area contributed by atoms with Crippen molar-refractivity contribution in [2.24, 2.45) is 0 Å². The first kappa shape index (κ1) is 16.7. The first-order chi connectivity index (χ1) is 10.2. The van der Waals surface area contributed by atoms with E-state index < -0.39 is 0 Å². The molecule has 0 aliphatic carbocycles. The van der Waals surface area contributed by atoms with E-state index in [0.29, 0.717) is 0 Å². The van der Waals surface area contributed by atoms with Crippen LogP contribution in [-0.4, -0.2) is 0 Å². The van der Waals surface area contributed by atoms with Gasteiger partial charge in [-0.2, -0.15) is 0 Å². The molecule has 0 aliphatic rings. The van der Waals surface area contributed by atoms with Gasteiger partial charge in [0.25, 0.3) is 0 Å². The van der Waals surface area contributed by atoms with Crippen LogP contribution in [-0.2, 0) is 0 Å². The number of rotatable bonds is 3. The van der Waals surface area contributed by atoms with E-state index >= 15 is 0 Å². The Morgan fingerprint density at radius 3 is 1.23 bits per heavy atom. The van der Waals surface area contributed by atoms with Crippen LogP contribution in [0.5, 0.6) is 0 Å². The van der Waals surface area contributed by atoms with E-state index in [4.69, 9.17) is 0 Å². The van der Waals surface area contributed by atoms with Gasteiger partial charge in [0.05, 0.1) is 0 Å². The Balaban J connectivity index is 2.77. The summed E-state index contributed by atoms with van der Waals surface area (Å²) in [7, 11) is 0. The van der Waals surface area contributed by atoms with Crippen molar-refractivity contribution in [2.45, 2.75) is 53.4 Å². The highest BCUT2D eigenvalue weighted by molar-refractivity contribution is 5.73. The SMILES string of the molecule is Cc1c(-c2cc(F)cc(C(C)C)c2C)cc(F)cc1C(C)C. The Morgan fingerprint density at radius 1 is 0.636 bits per heavy atom. The molecular weight excluding hydrogens is 278 g/mol. The van der Waals surface area contributed by atoms with Gasteiger partial charge in [0.2, 0.25) is 0 Å². The summed E-state index contributed by atoms with van der Waals surface area (Å²) in [6, 6.07) is 6.21. The molecule has 2 rings (SSSR count). The largest absolute Gasteiger partial charge is 0.207 e. The molecule has 0 heterocycles. The van der Waals surface area contributed by atoms with Crippen molar-refractivity contribution in [1.82, 2.24) is 0 Å². The van der Waals surface area contributed by atoms with E-state index in [1.807, 2.05) is 41.5 Å². The molecule has 0 saturated carbocycles. The molecule has 118 valence electrons. The third kappa shape index (κ3) is 3.06. The second-order valence-corrected chi connectivity index (χ2v) is 6.64. The molecular formula is C20H24F2. The zero-order valence-corrected chi connectivity index (χ0v) is 14.2. The van der Waals surface area contributed by atoms with E-state index in [9.17, 15) is 8.78 Å². The Kier molecular flexibility index (Phi) is 4.69. The maximum atomic E-state index is 14.1. The minimum absolute atomic E-state index is 0.230. The van der Waals surface area contributed by atoms with E-state index in [2.05, 4.69) is 0 Å². The number of halogens is 2. The molecule has 0 amide bonds. The number of benzene rings is 2. The van der Waals surface area contributed by atoms with Crippen LogP contribution < -0.4 is 0 Å². The molecule has 0 saturated heterocycles. The Labute approximate surface area is 132 Å². The van der Waals surface area contributed by atoms with Crippen LogP contribution in [0, 0.1) is 25.5 Å². The summed E-state index contributed by atoms with van der Waals surface area (Å²) in [5.41, 5.74) is 5.60. The molecule has 0 bridgehead atoms. The fraction of sp³-hybridized carbons (Fsp3) is 0.400. The molecule has 0 unspecified atom stereocenters. The van der Waals surface area contributed by atoms with Crippen LogP contribution in [0.4, 0.5) is 8.78 Å². The van der Waals surface area contributed by atoms with Crippen molar-refractivity contribution in [2.75, 3.05) is 0 Å². The zero-order valence-electron chi connectivity index (χ0n) is 14.2. The van der Waals surface area contributed by atoms with Gasteiger partial charge < -0.3 is 0 Å². The first-order valence-electron chi connectivity index (χ1n) is 7.82. The van der Waals surface area contributed by atoms with Crippen LogP contribution in [0.15, 0.2) is 24.3 Å². The summed E-state index contributed by atoms with van der Waals surface area (Å²) >= 11 is 0. The predicted molar refractivity (Wildman–Crippen MR) is 89.4 cm³/mol.